The number of alkyl halides is 1. The first-order valence-electron chi connectivity index (χ1n) is 5.97. The molecule has 18 heavy (non-hydrogen) atoms. The summed E-state index contributed by atoms with van der Waals surface area (Å²) in [6.07, 6.45) is 0.680. The largest absolute Gasteiger partial charge is 0.241 e. The van der Waals surface area contributed by atoms with Gasteiger partial charge in [0.25, 0.3) is 0 Å². The standard InChI is InChI=1S/C13H18ClNO2S/c1-9-6-4-5-7-10(9)18(16,17)15-12-8-11(14)13(12,2)3/h4-7,11-12,15H,8H2,1-3H3. The van der Waals surface area contributed by atoms with E-state index in [0.29, 0.717) is 11.3 Å². The molecule has 0 radical (unpaired) electrons. The van der Waals surface area contributed by atoms with Crippen LogP contribution in [0.2, 0.25) is 0 Å². The SMILES string of the molecule is Cc1ccccc1S(=O)(=O)NC1CC(Cl)C1(C)C. The van der Waals surface area contributed by atoms with E-state index in [9.17, 15) is 8.42 Å². The second-order valence-electron chi connectivity index (χ2n) is 5.46. The van der Waals surface area contributed by atoms with Gasteiger partial charge in [0, 0.05) is 11.4 Å². The van der Waals surface area contributed by atoms with Gasteiger partial charge in [-0.05, 0) is 30.4 Å². The number of benzene rings is 1. The van der Waals surface area contributed by atoms with Gasteiger partial charge in [-0.25, -0.2) is 13.1 Å². The quantitative estimate of drug-likeness (QED) is 0.869. The van der Waals surface area contributed by atoms with Crippen molar-refractivity contribution in [2.24, 2.45) is 5.41 Å². The van der Waals surface area contributed by atoms with E-state index in [0.717, 1.165) is 5.56 Å². The predicted octanol–water partition coefficient (Wildman–Crippen LogP) is 2.68. The third kappa shape index (κ3) is 2.29. The van der Waals surface area contributed by atoms with E-state index in [-0.39, 0.29) is 16.8 Å². The lowest BCUT2D eigenvalue weighted by Gasteiger charge is -2.49. The molecule has 0 aromatic heterocycles. The van der Waals surface area contributed by atoms with Gasteiger partial charge in [-0.15, -0.1) is 11.6 Å². The molecular formula is C13H18ClNO2S. The van der Waals surface area contributed by atoms with Gasteiger partial charge in [0.1, 0.15) is 0 Å². The minimum absolute atomic E-state index is 0.0297. The van der Waals surface area contributed by atoms with Gasteiger partial charge in [0.15, 0.2) is 0 Å². The van der Waals surface area contributed by atoms with Crippen molar-refractivity contribution in [3.63, 3.8) is 0 Å². The Morgan fingerprint density at radius 3 is 2.44 bits per heavy atom. The zero-order valence-electron chi connectivity index (χ0n) is 10.8. The molecule has 1 aromatic carbocycles. The first-order valence-corrected chi connectivity index (χ1v) is 7.89. The molecule has 1 saturated carbocycles. The Bertz CT molecular complexity index is 554. The topological polar surface area (TPSA) is 46.2 Å². The Balaban J connectivity index is 2.22. The Hall–Kier alpha value is -0.580. The van der Waals surface area contributed by atoms with Crippen LogP contribution in [0.25, 0.3) is 0 Å². The highest BCUT2D eigenvalue weighted by atomic mass is 35.5. The molecule has 2 unspecified atom stereocenters. The zero-order chi connectivity index (χ0) is 13.6. The number of sulfonamides is 1. The lowest BCUT2D eigenvalue weighted by Crippen LogP contribution is -2.59. The first kappa shape index (κ1) is 13.8. The van der Waals surface area contributed by atoms with Gasteiger partial charge in [-0.1, -0.05) is 32.0 Å². The molecule has 100 valence electrons. The molecule has 1 aliphatic carbocycles. The van der Waals surface area contributed by atoms with E-state index in [1.54, 1.807) is 25.1 Å². The number of hydrogen-bond donors (Lipinski definition) is 1. The lowest BCUT2D eigenvalue weighted by atomic mass is 9.67. The van der Waals surface area contributed by atoms with E-state index in [4.69, 9.17) is 11.6 Å². The van der Waals surface area contributed by atoms with Crippen LogP contribution >= 0.6 is 11.6 Å². The Labute approximate surface area is 114 Å². The third-order valence-electron chi connectivity index (χ3n) is 3.83. The van der Waals surface area contributed by atoms with E-state index in [1.165, 1.54) is 0 Å². The maximum atomic E-state index is 12.3. The van der Waals surface area contributed by atoms with Gasteiger partial charge < -0.3 is 0 Å². The van der Waals surface area contributed by atoms with Gasteiger partial charge >= 0.3 is 0 Å². The maximum Gasteiger partial charge on any atom is 0.241 e. The summed E-state index contributed by atoms with van der Waals surface area (Å²) < 4.78 is 27.4. The molecule has 5 heteroatoms. The van der Waals surface area contributed by atoms with E-state index in [2.05, 4.69) is 4.72 Å². The zero-order valence-corrected chi connectivity index (χ0v) is 12.3. The molecule has 0 saturated heterocycles. The molecule has 3 nitrogen and oxygen atoms in total. The number of rotatable bonds is 3. The van der Waals surface area contributed by atoms with E-state index < -0.39 is 10.0 Å². The summed E-state index contributed by atoms with van der Waals surface area (Å²) >= 11 is 6.11. The molecule has 1 N–H and O–H groups in total. The van der Waals surface area contributed by atoms with Crippen LogP contribution in [-0.4, -0.2) is 19.8 Å². The molecule has 0 spiro atoms. The lowest BCUT2D eigenvalue weighted by molar-refractivity contribution is 0.137. The summed E-state index contributed by atoms with van der Waals surface area (Å²) in [5.74, 6) is 0. The molecule has 0 aliphatic heterocycles. The number of halogens is 1. The highest BCUT2D eigenvalue weighted by Crippen LogP contribution is 2.44. The Morgan fingerprint density at radius 1 is 1.33 bits per heavy atom. The van der Waals surface area contributed by atoms with Crippen LogP contribution in [0.1, 0.15) is 25.8 Å². The average molecular weight is 288 g/mol. The fraction of sp³-hybridized carbons (Fsp3) is 0.538. The molecule has 0 amide bonds. The molecule has 0 bridgehead atoms. The van der Waals surface area contributed by atoms with Crippen LogP contribution in [0.3, 0.4) is 0 Å². The summed E-state index contributed by atoms with van der Waals surface area (Å²) in [6, 6.07) is 6.89. The molecule has 1 aliphatic rings. The first-order chi connectivity index (χ1) is 8.25. The summed E-state index contributed by atoms with van der Waals surface area (Å²) in [5.41, 5.74) is 0.557. The molecule has 2 atom stereocenters. The predicted molar refractivity (Wildman–Crippen MR) is 73.3 cm³/mol. The summed E-state index contributed by atoms with van der Waals surface area (Å²) in [5, 5.41) is 0.0297. The van der Waals surface area contributed by atoms with Crippen molar-refractivity contribution in [2.45, 2.75) is 43.5 Å². The highest BCUT2D eigenvalue weighted by Gasteiger charge is 2.48. The fourth-order valence-corrected chi connectivity index (χ4v) is 4.16. The smallest absolute Gasteiger partial charge is 0.207 e. The maximum absolute atomic E-state index is 12.3. The van der Waals surface area contributed by atoms with Crippen molar-refractivity contribution >= 4 is 21.6 Å². The van der Waals surface area contributed by atoms with Crippen LogP contribution in [-0.2, 0) is 10.0 Å². The Kier molecular flexibility index (Phi) is 3.47. The average Bonchev–Trinajstić information content (AvgIpc) is 2.29. The minimum Gasteiger partial charge on any atom is -0.207 e. The fourth-order valence-electron chi connectivity index (χ4n) is 2.18. The van der Waals surface area contributed by atoms with E-state index in [1.807, 2.05) is 19.9 Å². The van der Waals surface area contributed by atoms with Gasteiger partial charge in [-0.2, -0.15) is 0 Å². The summed E-state index contributed by atoms with van der Waals surface area (Å²) in [7, 11) is -3.45. The van der Waals surface area contributed by atoms with E-state index >= 15 is 0 Å². The summed E-state index contributed by atoms with van der Waals surface area (Å²) in [6.45, 7) is 5.77. The van der Waals surface area contributed by atoms with Crippen LogP contribution in [0.5, 0.6) is 0 Å². The second kappa shape index (κ2) is 4.51. The minimum atomic E-state index is -3.45. The van der Waals surface area contributed by atoms with Gasteiger partial charge in [0.2, 0.25) is 10.0 Å². The van der Waals surface area contributed by atoms with Crippen molar-refractivity contribution < 1.29 is 8.42 Å². The van der Waals surface area contributed by atoms with Crippen LogP contribution in [0.15, 0.2) is 29.2 Å². The molecule has 1 fully saturated rings. The molecule has 1 aromatic rings. The molecular weight excluding hydrogens is 270 g/mol. The van der Waals surface area contributed by atoms with Crippen molar-refractivity contribution in [3.8, 4) is 0 Å². The van der Waals surface area contributed by atoms with Crippen molar-refractivity contribution in [1.29, 1.82) is 0 Å². The number of aryl methyl sites for hydroxylation is 1. The molecule has 2 rings (SSSR count). The highest BCUT2D eigenvalue weighted by molar-refractivity contribution is 7.89. The van der Waals surface area contributed by atoms with Crippen LogP contribution < -0.4 is 4.72 Å². The second-order valence-corrected chi connectivity index (χ2v) is 7.67. The Morgan fingerprint density at radius 2 is 1.94 bits per heavy atom. The van der Waals surface area contributed by atoms with Gasteiger partial charge in [0.05, 0.1) is 4.90 Å². The van der Waals surface area contributed by atoms with Crippen molar-refractivity contribution in [3.05, 3.63) is 29.8 Å². The molecule has 0 heterocycles. The van der Waals surface area contributed by atoms with Gasteiger partial charge in [-0.3, -0.25) is 0 Å². The number of hydrogen-bond acceptors (Lipinski definition) is 2. The van der Waals surface area contributed by atoms with Crippen molar-refractivity contribution in [1.82, 2.24) is 4.72 Å². The third-order valence-corrected chi connectivity index (χ3v) is 6.20. The monoisotopic (exact) mass is 287 g/mol. The normalized spacial score (nSPS) is 26.7. The van der Waals surface area contributed by atoms with Crippen molar-refractivity contribution in [2.75, 3.05) is 0 Å². The number of nitrogens with one attached hydrogen (secondary N) is 1. The van der Waals surface area contributed by atoms with Crippen LogP contribution in [0, 0.1) is 12.3 Å². The van der Waals surface area contributed by atoms with Crippen LogP contribution in [0.4, 0.5) is 0 Å². The summed E-state index contributed by atoms with van der Waals surface area (Å²) in [4.78, 5) is 0.346.